The number of amides is 1. The molecule has 0 unspecified atom stereocenters. The molecule has 1 atom stereocenters. The third kappa shape index (κ3) is 3.52. The van der Waals surface area contributed by atoms with Crippen LogP contribution >= 0.6 is 22.9 Å². The second-order valence-corrected chi connectivity index (χ2v) is 9.25. The van der Waals surface area contributed by atoms with Gasteiger partial charge in [-0.05, 0) is 36.8 Å². The summed E-state index contributed by atoms with van der Waals surface area (Å²) in [7, 11) is 0. The number of hydrogen-bond donors (Lipinski definition) is 1. The third-order valence-corrected chi connectivity index (χ3v) is 7.07. The summed E-state index contributed by atoms with van der Waals surface area (Å²) in [6.45, 7) is 3.08. The smallest absolute Gasteiger partial charge is 0.296 e. The SMILES string of the molecule is CC(=O)c1sc(N2C(=O)C(O)=C(C(=O)c3cc4ccccc4o3)[C@@H]2c2cccc(Cl)c2)nc1C. The van der Waals surface area contributed by atoms with Crippen LogP contribution in [0.15, 0.2) is 70.3 Å². The number of halogens is 1. The van der Waals surface area contributed by atoms with Crippen molar-refractivity contribution < 1.29 is 23.9 Å². The van der Waals surface area contributed by atoms with Gasteiger partial charge >= 0.3 is 0 Å². The Morgan fingerprint density at radius 1 is 1.15 bits per heavy atom. The van der Waals surface area contributed by atoms with Gasteiger partial charge in [0.15, 0.2) is 22.4 Å². The first kappa shape index (κ1) is 22.1. The van der Waals surface area contributed by atoms with E-state index < -0.39 is 23.5 Å². The number of carbonyl (C=O) groups excluding carboxylic acids is 3. The second-order valence-electron chi connectivity index (χ2n) is 7.84. The monoisotopic (exact) mass is 492 g/mol. The Hall–Kier alpha value is -3.75. The number of thiazole rings is 1. The second kappa shape index (κ2) is 8.23. The Bertz CT molecular complexity index is 1500. The van der Waals surface area contributed by atoms with E-state index in [0.717, 1.165) is 11.3 Å². The number of furan rings is 1. The summed E-state index contributed by atoms with van der Waals surface area (Å²) in [4.78, 5) is 44.9. The van der Waals surface area contributed by atoms with Gasteiger partial charge in [-0.2, -0.15) is 0 Å². The number of anilines is 1. The van der Waals surface area contributed by atoms with Crippen LogP contribution in [-0.4, -0.2) is 27.6 Å². The van der Waals surface area contributed by atoms with Gasteiger partial charge in [0.25, 0.3) is 5.91 Å². The van der Waals surface area contributed by atoms with Crippen LogP contribution in [0.3, 0.4) is 0 Å². The standard InChI is InChI=1S/C25H17ClN2O5S/c1-12-23(13(2)29)34-25(27-12)28-20(15-7-5-8-16(26)10-15)19(22(31)24(28)32)21(30)18-11-14-6-3-4-9-17(14)33-18/h3-11,20,31H,1-2H3/t20-/m0/s1. The van der Waals surface area contributed by atoms with E-state index in [4.69, 9.17) is 16.0 Å². The van der Waals surface area contributed by atoms with Crippen LogP contribution < -0.4 is 4.90 Å². The molecule has 170 valence electrons. The fourth-order valence-corrected chi connectivity index (χ4v) is 5.25. The minimum Gasteiger partial charge on any atom is -0.503 e. The number of benzene rings is 2. The summed E-state index contributed by atoms with van der Waals surface area (Å²) in [5.74, 6) is -2.33. The molecule has 1 aliphatic rings. The number of nitrogens with zero attached hydrogens (tertiary/aromatic N) is 2. The van der Waals surface area contributed by atoms with Gasteiger partial charge in [0, 0.05) is 17.3 Å². The molecule has 0 fully saturated rings. The van der Waals surface area contributed by atoms with Crippen molar-refractivity contribution in [3.63, 3.8) is 0 Å². The molecule has 0 aliphatic carbocycles. The Kier molecular flexibility index (Phi) is 5.34. The highest BCUT2D eigenvalue weighted by atomic mass is 35.5. The lowest BCUT2D eigenvalue weighted by Crippen LogP contribution is -2.31. The van der Waals surface area contributed by atoms with Crippen molar-refractivity contribution in [1.29, 1.82) is 0 Å². The maximum absolute atomic E-state index is 13.6. The van der Waals surface area contributed by atoms with Gasteiger partial charge in [-0.15, -0.1) is 0 Å². The molecule has 0 saturated heterocycles. The van der Waals surface area contributed by atoms with Gasteiger partial charge in [-0.25, -0.2) is 4.98 Å². The molecule has 3 heterocycles. The summed E-state index contributed by atoms with van der Waals surface area (Å²) >= 11 is 7.24. The van der Waals surface area contributed by atoms with Crippen molar-refractivity contribution in [1.82, 2.24) is 4.98 Å². The molecule has 0 bridgehead atoms. The van der Waals surface area contributed by atoms with E-state index in [1.165, 1.54) is 11.8 Å². The maximum atomic E-state index is 13.6. The van der Waals surface area contributed by atoms with Crippen LogP contribution in [0.25, 0.3) is 11.0 Å². The molecule has 9 heteroatoms. The molecule has 0 spiro atoms. The highest BCUT2D eigenvalue weighted by molar-refractivity contribution is 7.17. The van der Waals surface area contributed by atoms with Gasteiger partial charge in [0.2, 0.25) is 5.78 Å². The largest absolute Gasteiger partial charge is 0.503 e. The minimum absolute atomic E-state index is 0.0100. The Labute approximate surface area is 202 Å². The summed E-state index contributed by atoms with van der Waals surface area (Å²) in [5, 5.41) is 12.2. The molecule has 7 nitrogen and oxygen atoms in total. The molecule has 5 rings (SSSR count). The predicted octanol–water partition coefficient (Wildman–Crippen LogP) is 5.84. The van der Waals surface area contributed by atoms with Crippen LogP contribution in [0.5, 0.6) is 0 Å². The highest BCUT2D eigenvalue weighted by Crippen LogP contribution is 2.44. The zero-order chi connectivity index (χ0) is 24.1. The zero-order valence-corrected chi connectivity index (χ0v) is 19.6. The molecule has 1 aliphatic heterocycles. The first-order valence-electron chi connectivity index (χ1n) is 10.3. The number of aliphatic hydroxyl groups is 1. The number of aryl methyl sites for hydroxylation is 1. The summed E-state index contributed by atoms with van der Waals surface area (Å²) in [6.07, 6.45) is 0. The maximum Gasteiger partial charge on any atom is 0.296 e. The number of aromatic nitrogens is 1. The van der Waals surface area contributed by atoms with Crippen molar-refractivity contribution in [2.75, 3.05) is 4.90 Å². The molecule has 2 aromatic heterocycles. The highest BCUT2D eigenvalue weighted by Gasteiger charge is 2.46. The van der Waals surface area contributed by atoms with E-state index in [2.05, 4.69) is 4.98 Å². The number of fused-ring (bicyclic) bond motifs is 1. The number of Topliss-reactive ketones (excluding diaryl/α,β-unsaturated/α-hetero) is 2. The zero-order valence-electron chi connectivity index (χ0n) is 18.0. The molecule has 2 aromatic carbocycles. The molecule has 1 N–H and O–H groups in total. The average Bonchev–Trinajstić information content (AvgIpc) is 3.47. The Morgan fingerprint density at radius 2 is 1.91 bits per heavy atom. The van der Waals surface area contributed by atoms with E-state index in [-0.39, 0.29) is 22.2 Å². The van der Waals surface area contributed by atoms with E-state index in [9.17, 15) is 19.5 Å². The molecular formula is C25H17ClN2O5S. The van der Waals surface area contributed by atoms with Crippen molar-refractivity contribution in [3.8, 4) is 0 Å². The van der Waals surface area contributed by atoms with Crippen molar-refractivity contribution in [2.45, 2.75) is 19.9 Å². The molecular weight excluding hydrogens is 476 g/mol. The van der Waals surface area contributed by atoms with E-state index in [0.29, 0.717) is 32.1 Å². The fourth-order valence-electron chi connectivity index (χ4n) is 4.06. The predicted molar refractivity (Wildman–Crippen MR) is 129 cm³/mol. The Morgan fingerprint density at radius 3 is 2.59 bits per heavy atom. The molecule has 34 heavy (non-hydrogen) atoms. The van der Waals surface area contributed by atoms with E-state index >= 15 is 0 Å². The van der Waals surface area contributed by atoms with Gasteiger partial charge in [-0.1, -0.05) is 53.3 Å². The average molecular weight is 493 g/mol. The van der Waals surface area contributed by atoms with Crippen molar-refractivity contribution in [3.05, 3.63) is 92.8 Å². The molecule has 1 amide bonds. The minimum atomic E-state index is -1.02. The third-order valence-electron chi connectivity index (χ3n) is 5.58. The lowest BCUT2D eigenvalue weighted by Gasteiger charge is -2.24. The fraction of sp³-hybridized carbons (Fsp3) is 0.120. The van der Waals surface area contributed by atoms with Gasteiger partial charge in [0.1, 0.15) is 5.58 Å². The van der Waals surface area contributed by atoms with Crippen LogP contribution in [0, 0.1) is 6.92 Å². The number of carbonyl (C=O) groups is 3. The van der Waals surface area contributed by atoms with Crippen LogP contribution in [0.4, 0.5) is 5.13 Å². The van der Waals surface area contributed by atoms with Crippen molar-refractivity contribution >= 4 is 56.5 Å². The number of hydrogen-bond acceptors (Lipinski definition) is 7. The van der Waals surface area contributed by atoms with Gasteiger partial charge in [-0.3, -0.25) is 19.3 Å². The van der Waals surface area contributed by atoms with Crippen LogP contribution in [-0.2, 0) is 4.79 Å². The van der Waals surface area contributed by atoms with Crippen molar-refractivity contribution in [2.24, 2.45) is 0 Å². The van der Waals surface area contributed by atoms with Crippen LogP contribution in [0.2, 0.25) is 5.02 Å². The Balaban J connectivity index is 1.68. The lowest BCUT2D eigenvalue weighted by molar-refractivity contribution is -0.117. The normalized spacial score (nSPS) is 16.0. The summed E-state index contributed by atoms with van der Waals surface area (Å²) in [5.41, 5.74) is 1.32. The van der Waals surface area contributed by atoms with Crippen LogP contribution in [0.1, 0.15) is 44.4 Å². The lowest BCUT2D eigenvalue weighted by atomic mass is 9.95. The molecule has 4 aromatic rings. The molecule has 0 radical (unpaired) electrons. The van der Waals surface area contributed by atoms with Gasteiger partial charge < -0.3 is 9.52 Å². The quantitative estimate of drug-likeness (QED) is 0.351. The summed E-state index contributed by atoms with van der Waals surface area (Å²) < 4.78 is 5.72. The van der Waals surface area contributed by atoms with E-state index in [1.54, 1.807) is 55.5 Å². The summed E-state index contributed by atoms with van der Waals surface area (Å²) in [6, 6.07) is 14.3. The number of rotatable bonds is 5. The van der Waals surface area contributed by atoms with E-state index in [1.807, 2.05) is 6.07 Å². The first-order valence-corrected chi connectivity index (χ1v) is 11.5. The first-order chi connectivity index (χ1) is 16.3. The number of para-hydroxylation sites is 1. The topological polar surface area (TPSA) is 101 Å². The van der Waals surface area contributed by atoms with Gasteiger partial charge in [0.05, 0.1) is 22.2 Å². The number of aliphatic hydroxyl groups excluding tert-OH is 1. The number of ketones is 2. The molecule has 0 saturated carbocycles.